The Morgan fingerprint density at radius 1 is 1.05 bits per heavy atom. The van der Waals surface area contributed by atoms with Gasteiger partial charge in [-0.25, -0.2) is 0 Å². The quantitative estimate of drug-likeness (QED) is 0.662. The number of hydrogen-bond acceptors (Lipinski definition) is 0. The molecule has 0 radical (unpaired) electrons. The van der Waals surface area contributed by atoms with E-state index in [-0.39, 0.29) is 0 Å². The van der Waals surface area contributed by atoms with Crippen molar-refractivity contribution in [3.05, 3.63) is 0 Å². The monoisotopic (exact) mass is 266 g/mol. The maximum absolute atomic E-state index is 2.71. The van der Waals surface area contributed by atoms with Crippen LogP contribution in [0, 0.1) is 69.0 Å². The highest BCUT2D eigenvalue weighted by Crippen LogP contribution is 3.12. The summed E-state index contributed by atoms with van der Waals surface area (Å²) in [5.41, 5.74) is 3.61. The molecule has 12 atom stereocenters. The van der Waals surface area contributed by atoms with Crippen molar-refractivity contribution < 1.29 is 0 Å². The van der Waals surface area contributed by atoms with Crippen molar-refractivity contribution in [1.82, 2.24) is 0 Å². The van der Waals surface area contributed by atoms with Gasteiger partial charge in [0.1, 0.15) is 0 Å². The second-order valence-corrected chi connectivity index (χ2v) is 10.9. The smallest absolute Gasteiger partial charge is 0.0133 e. The maximum atomic E-state index is 2.71. The van der Waals surface area contributed by atoms with Crippen LogP contribution in [0.3, 0.4) is 0 Å². The van der Waals surface area contributed by atoms with Gasteiger partial charge in [-0.05, 0) is 108 Å². The molecule has 0 heteroatoms. The molecule has 8 aliphatic carbocycles. The molecule has 12 unspecified atom stereocenters. The van der Waals surface area contributed by atoms with E-state index in [1.54, 1.807) is 32.1 Å². The zero-order chi connectivity index (χ0) is 12.9. The first kappa shape index (κ1) is 9.90. The van der Waals surface area contributed by atoms with Crippen LogP contribution < -0.4 is 0 Å². The van der Waals surface area contributed by atoms with Gasteiger partial charge < -0.3 is 0 Å². The Labute approximate surface area is 122 Å². The number of rotatable bonds is 1. The predicted molar refractivity (Wildman–Crippen MR) is 76.7 cm³/mol. The van der Waals surface area contributed by atoms with Gasteiger partial charge in [-0.2, -0.15) is 0 Å². The second kappa shape index (κ2) is 2.11. The Morgan fingerprint density at radius 3 is 2.80 bits per heavy atom. The lowest BCUT2D eigenvalue weighted by Crippen LogP contribution is -2.87. The molecule has 2 spiro atoms. The minimum Gasteiger partial charge on any atom is -0.0648 e. The van der Waals surface area contributed by atoms with Gasteiger partial charge in [0.2, 0.25) is 0 Å². The summed E-state index contributed by atoms with van der Waals surface area (Å²) < 4.78 is 0. The fraction of sp³-hybridized carbons (Fsp3) is 1.00. The molecule has 0 aromatic rings. The van der Waals surface area contributed by atoms with E-state index in [9.17, 15) is 0 Å². The molecule has 8 fully saturated rings. The number of hydrogen-bond donors (Lipinski definition) is 0. The molecule has 106 valence electrons. The van der Waals surface area contributed by atoms with E-state index in [1.165, 1.54) is 47.8 Å². The summed E-state index contributed by atoms with van der Waals surface area (Å²) in [6, 6.07) is 0. The molecule has 0 heterocycles. The lowest BCUT2D eigenvalue weighted by molar-refractivity contribution is -0.444. The first-order valence-corrected chi connectivity index (χ1v) is 9.67. The summed E-state index contributed by atoms with van der Waals surface area (Å²) in [5, 5.41) is 0. The molecule has 0 amide bonds. The molecule has 4 bridgehead atoms. The predicted octanol–water partition coefficient (Wildman–Crippen LogP) is 4.35. The molecule has 0 nitrogen and oxygen atoms in total. The molecule has 0 aromatic heterocycles. The van der Waals surface area contributed by atoms with Crippen molar-refractivity contribution in [2.45, 2.75) is 52.4 Å². The lowest BCUT2D eigenvalue weighted by Gasteiger charge is -2.91. The van der Waals surface area contributed by atoms with Gasteiger partial charge in [0.15, 0.2) is 0 Å². The Balaban J connectivity index is 1.45. The van der Waals surface area contributed by atoms with Crippen molar-refractivity contribution in [3.8, 4) is 0 Å². The van der Waals surface area contributed by atoms with Crippen molar-refractivity contribution in [1.29, 1.82) is 0 Å². The van der Waals surface area contributed by atoms with Crippen molar-refractivity contribution in [2.24, 2.45) is 69.0 Å². The van der Waals surface area contributed by atoms with Crippen LogP contribution in [0.15, 0.2) is 0 Å². The number of fused-ring (bicyclic) bond motifs is 7. The average Bonchev–Trinajstić information content (AvgIpc) is 2.88. The van der Waals surface area contributed by atoms with Gasteiger partial charge in [0, 0.05) is 0 Å². The largest absolute Gasteiger partial charge is 0.0648 e. The lowest BCUT2D eigenvalue weighted by atomic mass is 9.12. The third kappa shape index (κ3) is 0.490. The third-order valence-corrected chi connectivity index (χ3v) is 12.0. The summed E-state index contributed by atoms with van der Waals surface area (Å²) in [5.74, 6) is 9.97. The molecular weight excluding hydrogens is 240 g/mol. The Hall–Kier alpha value is 0. The van der Waals surface area contributed by atoms with Crippen LogP contribution in [-0.2, 0) is 0 Å². The third-order valence-electron chi connectivity index (χ3n) is 12.0. The van der Waals surface area contributed by atoms with Gasteiger partial charge in [0.05, 0.1) is 0 Å². The molecule has 8 saturated carbocycles. The fourth-order valence-corrected chi connectivity index (χ4v) is 12.0. The molecule has 0 saturated heterocycles. The van der Waals surface area contributed by atoms with Crippen LogP contribution in [0.2, 0.25) is 0 Å². The minimum absolute atomic E-state index is 0.773. The molecule has 0 aromatic carbocycles. The van der Waals surface area contributed by atoms with Crippen LogP contribution in [0.4, 0.5) is 0 Å². The van der Waals surface area contributed by atoms with Crippen molar-refractivity contribution >= 4 is 0 Å². The summed E-state index contributed by atoms with van der Waals surface area (Å²) >= 11 is 0. The molecule has 0 aliphatic heterocycles. The molecular formula is C20H26. The second-order valence-electron chi connectivity index (χ2n) is 10.9. The van der Waals surface area contributed by atoms with Crippen LogP contribution in [0.25, 0.3) is 0 Å². The van der Waals surface area contributed by atoms with Crippen LogP contribution >= 0.6 is 0 Å². The van der Waals surface area contributed by atoms with Crippen LogP contribution in [0.1, 0.15) is 52.4 Å². The summed E-state index contributed by atoms with van der Waals surface area (Å²) in [6.45, 7) is 5.27. The first-order chi connectivity index (χ1) is 9.67. The van der Waals surface area contributed by atoms with Crippen molar-refractivity contribution in [3.63, 3.8) is 0 Å². The molecule has 8 rings (SSSR count). The summed E-state index contributed by atoms with van der Waals surface area (Å²) in [4.78, 5) is 0. The molecule has 0 N–H and O–H groups in total. The first-order valence-electron chi connectivity index (χ1n) is 9.67. The van der Waals surface area contributed by atoms with E-state index in [4.69, 9.17) is 0 Å². The van der Waals surface area contributed by atoms with E-state index in [0.717, 1.165) is 27.6 Å². The van der Waals surface area contributed by atoms with Gasteiger partial charge in [-0.1, -0.05) is 13.8 Å². The van der Waals surface area contributed by atoms with E-state index < -0.39 is 0 Å². The van der Waals surface area contributed by atoms with Gasteiger partial charge in [-0.3, -0.25) is 0 Å². The minimum atomic E-state index is 0.773. The zero-order valence-electron chi connectivity index (χ0n) is 12.9. The van der Waals surface area contributed by atoms with Gasteiger partial charge >= 0.3 is 0 Å². The van der Waals surface area contributed by atoms with E-state index in [1.807, 2.05) is 0 Å². The highest BCUT2D eigenvalue weighted by molar-refractivity contribution is 5.55. The SMILES string of the molecule is CCC12CCC3(C)CC1C14CC3CC3C5C(C21)C41C3C51. The van der Waals surface area contributed by atoms with Crippen molar-refractivity contribution in [2.75, 3.05) is 0 Å². The Morgan fingerprint density at radius 2 is 1.95 bits per heavy atom. The summed E-state index contributed by atoms with van der Waals surface area (Å²) in [6.07, 6.45) is 9.82. The van der Waals surface area contributed by atoms with Gasteiger partial charge in [0.25, 0.3) is 0 Å². The molecule has 8 aliphatic rings. The Bertz CT molecular complexity index is 622. The fourth-order valence-electron chi connectivity index (χ4n) is 12.0. The summed E-state index contributed by atoms with van der Waals surface area (Å²) in [7, 11) is 0. The van der Waals surface area contributed by atoms with Gasteiger partial charge in [-0.15, -0.1) is 0 Å². The zero-order valence-corrected chi connectivity index (χ0v) is 12.9. The van der Waals surface area contributed by atoms with E-state index in [2.05, 4.69) is 13.8 Å². The normalized spacial score (nSPS) is 88.5. The highest BCUT2D eigenvalue weighted by atomic mass is 15.1. The van der Waals surface area contributed by atoms with Crippen LogP contribution in [-0.4, -0.2) is 0 Å². The van der Waals surface area contributed by atoms with E-state index in [0.29, 0.717) is 0 Å². The highest BCUT2D eigenvalue weighted by Gasteiger charge is 3.08. The average molecular weight is 266 g/mol. The topological polar surface area (TPSA) is 0 Å². The Kier molecular flexibility index (Phi) is 1.05. The molecule has 20 heavy (non-hydrogen) atoms. The standard InChI is InChI=1S/C20H26/c1-3-18-5-4-17(2)8-11(18)19-7-9(17)6-10-12-14-13(10)20(14,19)15(12)16(18)19/h9-16H,3-8H2,1-2H3. The van der Waals surface area contributed by atoms with Crippen LogP contribution in [0.5, 0.6) is 0 Å². The maximum Gasteiger partial charge on any atom is -0.0133 e. The van der Waals surface area contributed by atoms with E-state index >= 15 is 0 Å².